The first-order valence-electron chi connectivity index (χ1n) is 8.49. The van der Waals surface area contributed by atoms with Gasteiger partial charge >= 0.3 is 0 Å². The van der Waals surface area contributed by atoms with E-state index in [1.165, 1.54) is 24.3 Å². The summed E-state index contributed by atoms with van der Waals surface area (Å²) in [5.41, 5.74) is -0.0976. The molecule has 4 aromatic carbocycles. The van der Waals surface area contributed by atoms with Crippen LogP contribution in [0.2, 0.25) is 0 Å². The number of phenolic OH excluding ortho intramolecular Hbond substituents is 2. The summed E-state index contributed by atoms with van der Waals surface area (Å²) in [7, 11) is -4.78. The van der Waals surface area contributed by atoms with Crippen molar-refractivity contribution in [2.75, 3.05) is 0 Å². The molecule has 4 aromatic rings. The van der Waals surface area contributed by atoms with E-state index >= 15 is 0 Å². The lowest BCUT2D eigenvalue weighted by molar-refractivity contribution is 0.445. The molecule has 1 radical (unpaired) electrons. The first kappa shape index (κ1) is 19.8. The topological polar surface area (TPSA) is 137 Å². The summed E-state index contributed by atoms with van der Waals surface area (Å²) < 4.78 is 44.0. The van der Waals surface area contributed by atoms with Crippen molar-refractivity contribution in [3.63, 3.8) is 0 Å². The van der Waals surface area contributed by atoms with E-state index in [1.54, 1.807) is 18.2 Å². The molecule has 0 saturated heterocycles. The molecule has 0 saturated carbocycles. The molecule has 0 unspecified atom stereocenters. The fourth-order valence-electron chi connectivity index (χ4n) is 3.13. The molecule has 0 heterocycles. The van der Waals surface area contributed by atoms with Gasteiger partial charge in [-0.05, 0) is 35.0 Å². The highest BCUT2D eigenvalue weighted by Gasteiger charge is 2.22. The number of hydrogen-bond donors (Lipinski definition) is 3. The predicted molar refractivity (Wildman–Crippen MR) is 112 cm³/mol. The summed E-state index contributed by atoms with van der Waals surface area (Å²) in [6.45, 7) is 0. The number of hydrogen-bond acceptors (Lipinski definition) is 7. The standard InChI is InChI=1S/C20H13N2O6S2/c23-16-8-5-11-3-1-2-4-14(11)18(16)21-22-19-15-7-6-13(29-25)9-12(15)10-17(20(19)24)30(26,27)28/h1-10,23-24H,(H,26,27,28). The number of nitrogens with zero attached hydrogens (tertiary/aromatic N) is 2. The molecular formula is C20H13N2O6S2. The number of phenols is 2. The average Bonchev–Trinajstić information content (AvgIpc) is 2.72. The van der Waals surface area contributed by atoms with Crippen LogP contribution in [0.4, 0.5) is 11.4 Å². The lowest BCUT2D eigenvalue weighted by Crippen LogP contribution is -1.99. The van der Waals surface area contributed by atoms with Crippen molar-refractivity contribution in [2.24, 2.45) is 10.2 Å². The smallest absolute Gasteiger partial charge is 0.298 e. The molecule has 3 N–H and O–H groups in total. The van der Waals surface area contributed by atoms with E-state index in [2.05, 4.69) is 10.2 Å². The largest absolute Gasteiger partial charge is 0.506 e. The van der Waals surface area contributed by atoms with Crippen LogP contribution in [0.25, 0.3) is 21.5 Å². The lowest BCUT2D eigenvalue weighted by Gasteiger charge is -2.09. The van der Waals surface area contributed by atoms with Crippen molar-refractivity contribution in [1.29, 1.82) is 0 Å². The molecule has 0 aliphatic heterocycles. The molecule has 0 spiro atoms. The van der Waals surface area contributed by atoms with Crippen molar-refractivity contribution in [3.05, 3.63) is 60.7 Å². The highest BCUT2D eigenvalue weighted by atomic mass is 32.2. The highest BCUT2D eigenvalue weighted by Crippen LogP contribution is 2.43. The molecule has 0 aliphatic rings. The fraction of sp³-hybridized carbons (Fsp3) is 0. The molecule has 10 heteroatoms. The number of benzene rings is 4. The fourth-order valence-corrected chi connectivity index (χ4v) is 4.04. The summed E-state index contributed by atoms with van der Waals surface area (Å²) in [5, 5.41) is 30.7. The normalized spacial score (nSPS) is 12.0. The minimum atomic E-state index is -4.78. The van der Waals surface area contributed by atoms with Crippen molar-refractivity contribution in [2.45, 2.75) is 9.79 Å². The second-order valence-corrected chi connectivity index (χ2v) is 8.40. The Morgan fingerprint density at radius 3 is 2.23 bits per heavy atom. The molecule has 151 valence electrons. The number of rotatable bonds is 4. The van der Waals surface area contributed by atoms with Gasteiger partial charge in [-0.2, -0.15) is 8.42 Å². The summed E-state index contributed by atoms with van der Waals surface area (Å²) in [6.07, 6.45) is 0. The molecule has 0 atom stereocenters. The third kappa shape index (κ3) is 3.47. The first-order chi connectivity index (χ1) is 14.3. The highest BCUT2D eigenvalue weighted by molar-refractivity contribution is 7.86. The van der Waals surface area contributed by atoms with Crippen LogP contribution in [-0.4, -0.2) is 27.4 Å². The minimum absolute atomic E-state index is 0.129. The molecule has 0 aliphatic carbocycles. The van der Waals surface area contributed by atoms with Gasteiger partial charge in [0.15, 0.2) is 5.75 Å². The Bertz CT molecular complexity index is 1470. The Labute approximate surface area is 174 Å². The summed E-state index contributed by atoms with van der Waals surface area (Å²) in [4.78, 5) is -0.455. The minimum Gasteiger partial charge on any atom is -0.506 e. The van der Waals surface area contributed by atoms with E-state index in [1.807, 2.05) is 12.1 Å². The molecule has 30 heavy (non-hydrogen) atoms. The van der Waals surface area contributed by atoms with Crippen LogP contribution < -0.4 is 0 Å². The third-order valence-electron chi connectivity index (χ3n) is 4.53. The molecule has 0 bridgehead atoms. The van der Waals surface area contributed by atoms with E-state index in [-0.39, 0.29) is 34.2 Å². The summed E-state index contributed by atoms with van der Waals surface area (Å²) in [6, 6.07) is 15.7. The Kier molecular flexibility index (Phi) is 4.90. The average molecular weight is 441 g/mol. The summed E-state index contributed by atoms with van der Waals surface area (Å²) in [5.74, 6) is -0.951. The van der Waals surface area contributed by atoms with Gasteiger partial charge in [-0.15, -0.1) is 10.2 Å². The van der Waals surface area contributed by atoms with Gasteiger partial charge in [0.25, 0.3) is 10.1 Å². The van der Waals surface area contributed by atoms with E-state index < -0.39 is 20.8 Å². The first-order valence-corrected chi connectivity index (χ1v) is 10.7. The van der Waals surface area contributed by atoms with Crippen molar-refractivity contribution in [1.82, 2.24) is 0 Å². The molecular weight excluding hydrogens is 428 g/mol. The summed E-state index contributed by atoms with van der Waals surface area (Å²) >= 11 is 0.209. The monoisotopic (exact) mass is 441 g/mol. The van der Waals surface area contributed by atoms with Gasteiger partial charge in [0.1, 0.15) is 22.0 Å². The van der Waals surface area contributed by atoms with Crippen LogP contribution in [-0.2, 0) is 21.8 Å². The quantitative estimate of drug-likeness (QED) is 0.312. The third-order valence-corrected chi connectivity index (χ3v) is 5.84. The van der Waals surface area contributed by atoms with Crippen LogP contribution in [0.3, 0.4) is 0 Å². The van der Waals surface area contributed by atoms with Gasteiger partial charge in [-0.3, -0.25) is 4.55 Å². The zero-order valence-corrected chi connectivity index (χ0v) is 16.7. The number of fused-ring (bicyclic) bond motifs is 2. The second-order valence-electron chi connectivity index (χ2n) is 6.37. The van der Waals surface area contributed by atoms with E-state index in [0.29, 0.717) is 15.7 Å². The maximum Gasteiger partial charge on any atom is 0.298 e. The Balaban J connectivity index is 2.00. The van der Waals surface area contributed by atoms with Gasteiger partial charge in [0.2, 0.25) is 0 Å². The molecule has 4 rings (SSSR count). The van der Waals surface area contributed by atoms with E-state index in [9.17, 15) is 27.4 Å². The van der Waals surface area contributed by atoms with Crippen molar-refractivity contribution < 1.29 is 27.4 Å². The number of aromatic hydroxyl groups is 2. The van der Waals surface area contributed by atoms with Gasteiger partial charge in [0.05, 0.1) is 16.6 Å². The van der Waals surface area contributed by atoms with Gasteiger partial charge in [-0.25, -0.2) is 4.21 Å². The Morgan fingerprint density at radius 1 is 0.800 bits per heavy atom. The van der Waals surface area contributed by atoms with Crippen molar-refractivity contribution in [3.8, 4) is 11.5 Å². The van der Waals surface area contributed by atoms with Gasteiger partial charge in [-0.1, -0.05) is 36.4 Å². The zero-order chi connectivity index (χ0) is 21.5. The van der Waals surface area contributed by atoms with Crippen LogP contribution in [0.15, 0.2) is 80.7 Å². The molecule has 0 fully saturated rings. The Morgan fingerprint density at radius 2 is 1.50 bits per heavy atom. The van der Waals surface area contributed by atoms with Gasteiger partial charge in [0, 0.05) is 10.8 Å². The maximum absolute atomic E-state index is 11.7. The van der Waals surface area contributed by atoms with E-state index in [4.69, 9.17) is 0 Å². The van der Waals surface area contributed by atoms with Gasteiger partial charge < -0.3 is 10.2 Å². The van der Waals surface area contributed by atoms with Crippen LogP contribution in [0.5, 0.6) is 11.5 Å². The lowest BCUT2D eigenvalue weighted by atomic mass is 10.1. The van der Waals surface area contributed by atoms with Crippen LogP contribution >= 0.6 is 0 Å². The van der Waals surface area contributed by atoms with Crippen LogP contribution in [0, 0.1) is 0 Å². The SMILES string of the molecule is O=[S]c1ccc2c(N=Nc3c(O)ccc4ccccc34)c(O)c(S(=O)(=O)O)cc2c1. The predicted octanol–water partition coefficient (Wildman–Crippen LogP) is 4.64. The zero-order valence-electron chi connectivity index (χ0n) is 15.1. The maximum atomic E-state index is 11.7. The molecule has 0 amide bonds. The molecule has 8 nitrogen and oxygen atoms in total. The van der Waals surface area contributed by atoms with Crippen molar-refractivity contribution >= 4 is 54.7 Å². The van der Waals surface area contributed by atoms with E-state index in [0.717, 1.165) is 11.5 Å². The second kappa shape index (κ2) is 7.41. The molecule has 0 aromatic heterocycles. The van der Waals surface area contributed by atoms with Crippen LogP contribution in [0.1, 0.15) is 0 Å². The Hall–Kier alpha value is -3.47. The number of azo groups is 1.